The average molecular weight is 340 g/mol. The Bertz CT molecular complexity index is 472. The van der Waals surface area contributed by atoms with E-state index in [2.05, 4.69) is 15.9 Å². The Morgan fingerprint density at radius 2 is 2.10 bits per heavy atom. The molecule has 1 saturated heterocycles. The minimum Gasteiger partial charge on any atom is -0.490 e. The molecule has 3 nitrogen and oxygen atoms in total. The van der Waals surface area contributed by atoms with E-state index in [1.807, 2.05) is 18.2 Å². The smallest absolute Gasteiger partial charge is 0.133 e. The lowest BCUT2D eigenvalue weighted by Crippen LogP contribution is -2.27. The van der Waals surface area contributed by atoms with Crippen LogP contribution in [-0.2, 0) is 11.3 Å². The number of benzene rings is 1. The lowest BCUT2D eigenvalue weighted by atomic mass is 9.98. The van der Waals surface area contributed by atoms with E-state index < -0.39 is 0 Å². The van der Waals surface area contributed by atoms with Gasteiger partial charge in [0.05, 0.1) is 16.2 Å². The van der Waals surface area contributed by atoms with Gasteiger partial charge in [-0.05, 0) is 59.3 Å². The third-order valence-electron chi connectivity index (χ3n) is 4.51. The number of hydrogen-bond donors (Lipinski definition) is 1. The minimum absolute atomic E-state index is 0.189. The van der Waals surface area contributed by atoms with Gasteiger partial charge >= 0.3 is 0 Å². The molecule has 1 atom stereocenters. The quantitative estimate of drug-likeness (QED) is 0.907. The van der Waals surface area contributed by atoms with Crippen LogP contribution in [0.15, 0.2) is 22.7 Å². The summed E-state index contributed by atoms with van der Waals surface area (Å²) in [5, 5.41) is 0. The van der Waals surface area contributed by atoms with Gasteiger partial charge in [-0.2, -0.15) is 0 Å². The minimum atomic E-state index is 0.189. The second-order valence-electron chi connectivity index (χ2n) is 5.95. The molecule has 1 spiro atoms. The van der Waals surface area contributed by atoms with Crippen molar-refractivity contribution < 1.29 is 9.47 Å². The fraction of sp³-hybridized carbons (Fsp3) is 0.625. The highest BCUT2D eigenvalue weighted by Crippen LogP contribution is 2.43. The lowest BCUT2D eigenvalue weighted by Gasteiger charge is -2.23. The van der Waals surface area contributed by atoms with Crippen LogP contribution in [0.4, 0.5) is 0 Å². The Kier molecular flexibility index (Phi) is 4.34. The van der Waals surface area contributed by atoms with Crippen molar-refractivity contribution in [3.05, 3.63) is 28.2 Å². The zero-order valence-corrected chi connectivity index (χ0v) is 13.3. The summed E-state index contributed by atoms with van der Waals surface area (Å²) in [4.78, 5) is 0. The molecule has 2 aliphatic rings. The Balaban J connectivity index is 1.55. The number of rotatable bonds is 4. The van der Waals surface area contributed by atoms with E-state index in [1.165, 1.54) is 32.1 Å². The number of halogens is 1. The molecule has 1 aromatic rings. The maximum Gasteiger partial charge on any atom is 0.133 e. The molecular weight excluding hydrogens is 318 g/mol. The van der Waals surface area contributed by atoms with Gasteiger partial charge < -0.3 is 15.2 Å². The van der Waals surface area contributed by atoms with Crippen molar-refractivity contribution in [3.63, 3.8) is 0 Å². The predicted octanol–water partition coefficient (Wildman–Crippen LogP) is 3.78. The van der Waals surface area contributed by atoms with E-state index in [0.717, 1.165) is 22.2 Å². The summed E-state index contributed by atoms with van der Waals surface area (Å²) in [7, 11) is 0. The molecular formula is C16H22BrNO2. The van der Waals surface area contributed by atoms with Crippen LogP contribution in [0, 0.1) is 0 Å². The zero-order chi connectivity index (χ0) is 14.0. The van der Waals surface area contributed by atoms with Crippen molar-refractivity contribution in [2.75, 3.05) is 6.61 Å². The van der Waals surface area contributed by atoms with Gasteiger partial charge in [0.15, 0.2) is 0 Å². The van der Waals surface area contributed by atoms with Crippen LogP contribution in [0.1, 0.15) is 44.1 Å². The summed E-state index contributed by atoms with van der Waals surface area (Å²) in [5.74, 6) is 0.873. The highest BCUT2D eigenvalue weighted by molar-refractivity contribution is 9.10. The molecule has 1 heterocycles. The van der Waals surface area contributed by atoms with Crippen molar-refractivity contribution in [1.82, 2.24) is 0 Å². The van der Waals surface area contributed by atoms with Crippen molar-refractivity contribution in [1.29, 1.82) is 0 Å². The topological polar surface area (TPSA) is 44.5 Å². The van der Waals surface area contributed by atoms with Crippen molar-refractivity contribution >= 4 is 15.9 Å². The van der Waals surface area contributed by atoms with E-state index >= 15 is 0 Å². The highest BCUT2D eigenvalue weighted by atomic mass is 79.9. The molecule has 110 valence electrons. The molecule has 2 fully saturated rings. The molecule has 0 aromatic heterocycles. The Labute approximate surface area is 129 Å². The standard InChI is InChI=1S/C16H22BrNO2/c17-14-9-12(10-18)3-4-15(14)19-11-13-5-8-16(20-13)6-1-2-7-16/h3-4,9,13H,1-2,5-8,10-11,18H2. The number of ether oxygens (including phenoxy) is 2. The first-order valence-electron chi connectivity index (χ1n) is 7.50. The predicted molar refractivity (Wildman–Crippen MR) is 82.8 cm³/mol. The normalized spacial score (nSPS) is 24.4. The molecule has 1 aliphatic heterocycles. The second kappa shape index (κ2) is 6.04. The van der Waals surface area contributed by atoms with Crippen LogP contribution in [0.25, 0.3) is 0 Å². The number of nitrogens with two attached hydrogens (primary N) is 1. The summed E-state index contributed by atoms with van der Waals surface area (Å²) < 4.78 is 13.1. The van der Waals surface area contributed by atoms with E-state index in [1.54, 1.807) is 0 Å². The van der Waals surface area contributed by atoms with Crippen LogP contribution in [0.2, 0.25) is 0 Å². The largest absolute Gasteiger partial charge is 0.490 e. The van der Waals surface area contributed by atoms with Gasteiger partial charge in [0.1, 0.15) is 12.4 Å². The lowest BCUT2D eigenvalue weighted by molar-refractivity contribution is -0.0509. The first-order chi connectivity index (χ1) is 9.71. The molecule has 1 saturated carbocycles. The molecule has 20 heavy (non-hydrogen) atoms. The van der Waals surface area contributed by atoms with Crippen molar-refractivity contribution in [3.8, 4) is 5.75 Å². The van der Waals surface area contributed by atoms with E-state index in [-0.39, 0.29) is 11.7 Å². The van der Waals surface area contributed by atoms with E-state index in [0.29, 0.717) is 13.2 Å². The van der Waals surface area contributed by atoms with Crippen LogP contribution in [0.5, 0.6) is 5.75 Å². The Hall–Kier alpha value is -0.580. The summed E-state index contributed by atoms with van der Waals surface area (Å²) >= 11 is 3.54. The van der Waals surface area contributed by atoms with Crippen LogP contribution < -0.4 is 10.5 Å². The maximum absolute atomic E-state index is 6.26. The van der Waals surface area contributed by atoms with Crippen molar-refractivity contribution in [2.45, 2.75) is 56.8 Å². The molecule has 0 bridgehead atoms. The van der Waals surface area contributed by atoms with Gasteiger partial charge in [-0.3, -0.25) is 0 Å². The molecule has 0 amide bonds. The van der Waals surface area contributed by atoms with Gasteiger partial charge in [-0.1, -0.05) is 18.9 Å². The molecule has 2 N–H and O–H groups in total. The van der Waals surface area contributed by atoms with Crippen LogP contribution >= 0.6 is 15.9 Å². The van der Waals surface area contributed by atoms with Gasteiger partial charge in [-0.25, -0.2) is 0 Å². The Morgan fingerprint density at radius 1 is 1.30 bits per heavy atom. The molecule has 4 heteroatoms. The Morgan fingerprint density at radius 3 is 2.80 bits per heavy atom. The second-order valence-corrected chi connectivity index (χ2v) is 6.80. The molecule has 1 unspecified atom stereocenters. The molecule has 1 aromatic carbocycles. The van der Waals surface area contributed by atoms with Crippen molar-refractivity contribution in [2.24, 2.45) is 5.73 Å². The number of hydrogen-bond acceptors (Lipinski definition) is 3. The van der Waals surface area contributed by atoms with Gasteiger partial charge in [0.25, 0.3) is 0 Å². The van der Waals surface area contributed by atoms with E-state index in [9.17, 15) is 0 Å². The average Bonchev–Trinajstić information content (AvgIpc) is 3.08. The molecule has 1 aliphatic carbocycles. The van der Waals surface area contributed by atoms with Crippen LogP contribution in [-0.4, -0.2) is 18.3 Å². The van der Waals surface area contributed by atoms with Gasteiger partial charge in [0.2, 0.25) is 0 Å². The summed E-state index contributed by atoms with van der Waals surface area (Å²) in [6.07, 6.45) is 7.68. The summed E-state index contributed by atoms with van der Waals surface area (Å²) in [6, 6.07) is 6.00. The first-order valence-corrected chi connectivity index (χ1v) is 8.29. The fourth-order valence-electron chi connectivity index (χ4n) is 3.37. The molecule has 3 rings (SSSR count). The zero-order valence-electron chi connectivity index (χ0n) is 11.7. The maximum atomic E-state index is 6.26. The SMILES string of the molecule is NCc1ccc(OCC2CCC3(CCCC3)O2)c(Br)c1. The monoisotopic (exact) mass is 339 g/mol. The van der Waals surface area contributed by atoms with Crippen LogP contribution in [0.3, 0.4) is 0 Å². The highest BCUT2D eigenvalue weighted by Gasteiger charge is 2.42. The summed E-state index contributed by atoms with van der Waals surface area (Å²) in [5.41, 5.74) is 6.92. The summed E-state index contributed by atoms with van der Waals surface area (Å²) in [6.45, 7) is 1.19. The van der Waals surface area contributed by atoms with Gasteiger partial charge in [-0.15, -0.1) is 0 Å². The fourth-order valence-corrected chi connectivity index (χ4v) is 3.91. The molecule has 0 radical (unpaired) electrons. The van der Waals surface area contributed by atoms with E-state index in [4.69, 9.17) is 15.2 Å². The first kappa shape index (κ1) is 14.4. The third-order valence-corrected chi connectivity index (χ3v) is 5.13. The third kappa shape index (κ3) is 3.02. The van der Waals surface area contributed by atoms with Gasteiger partial charge in [0, 0.05) is 6.54 Å².